The molecule has 0 spiro atoms. The third-order valence-corrected chi connectivity index (χ3v) is 13.7. The quantitative estimate of drug-likeness (QED) is 0.174. The summed E-state index contributed by atoms with van der Waals surface area (Å²) in [6.45, 7) is 17.2. The third kappa shape index (κ3) is 12.3. The molecule has 3 aliphatic rings. The zero-order valence-corrected chi connectivity index (χ0v) is 41.3. The number of cyclic esters (lactones) is 1. The number of rotatable bonds is 11. The van der Waals surface area contributed by atoms with Crippen LogP contribution in [0.3, 0.4) is 0 Å². The third-order valence-electron chi connectivity index (χ3n) is 13.7. The molecule has 18 heteroatoms. The van der Waals surface area contributed by atoms with Gasteiger partial charge in [0.15, 0.2) is 17.7 Å². The Bertz CT molecular complexity index is 2060. The van der Waals surface area contributed by atoms with Crippen molar-refractivity contribution in [1.29, 1.82) is 0 Å². The number of aromatic nitrogens is 2. The Hall–Kier alpha value is -5.17. The number of carbonyl (C=O) groups is 5. The maximum Gasteiger partial charge on any atom is 0.410 e. The largest absolute Gasteiger partial charge is 0.458 e. The van der Waals surface area contributed by atoms with Crippen LogP contribution < -0.4 is 10.6 Å². The summed E-state index contributed by atoms with van der Waals surface area (Å²) in [6.07, 6.45) is -1.44. The average Bonchev–Trinajstić information content (AvgIpc) is 3.61. The van der Waals surface area contributed by atoms with Gasteiger partial charge in [-0.2, -0.15) is 0 Å². The van der Waals surface area contributed by atoms with Crippen molar-refractivity contribution in [3.63, 3.8) is 0 Å². The summed E-state index contributed by atoms with van der Waals surface area (Å²) in [7, 11) is 5.24. The normalized spacial score (nSPS) is 34.1. The number of ketones is 1. The lowest BCUT2D eigenvalue weighted by Gasteiger charge is -2.48. The van der Waals surface area contributed by atoms with Crippen LogP contribution in [0.15, 0.2) is 48.8 Å². The van der Waals surface area contributed by atoms with E-state index in [0.717, 1.165) is 11.1 Å². The second kappa shape index (κ2) is 22.3. The molecular formula is C49H72N6O12. The predicted molar refractivity (Wildman–Crippen MR) is 248 cm³/mol. The zero-order chi connectivity index (χ0) is 49.5. The van der Waals surface area contributed by atoms with Crippen molar-refractivity contribution >= 4 is 36.1 Å². The van der Waals surface area contributed by atoms with E-state index in [9.17, 15) is 29.1 Å². The van der Waals surface area contributed by atoms with E-state index in [1.807, 2.05) is 56.3 Å². The van der Waals surface area contributed by atoms with E-state index < -0.39 is 102 Å². The fourth-order valence-electron chi connectivity index (χ4n) is 9.62. The fraction of sp³-hybridized carbons (Fsp3) is 0.653. The Kier molecular flexibility index (Phi) is 17.6. The molecule has 0 bridgehead atoms. The van der Waals surface area contributed by atoms with Crippen molar-refractivity contribution in [2.24, 2.45) is 23.7 Å². The standard InChI is InChI=1S/C49H72N6O12/c1-14-36-49(10)40(53-46(60)67-49)30(6)37(56)28(4)26-48(9,66-45(59)52-22-15-17-33-18-20-34(21-19-33)42-50-23-16-24-51-42)41(65-44-38(57)35(54(11)12)25-29(5)62-44)31(7)39(32(8)43(58)63-36)64-47(61)55(13)27(2)3/h15-21,23-24,27-32,35-36,38-41,44,57H,14,22,25-26H2,1-13H3,(H,52,59)(H,53,60)/b17-15+/t28-,29-,30+,31+,32-,35+,36-,38-,39+,40-,41-,44+,48-,49-/m1/s1. The van der Waals surface area contributed by atoms with Gasteiger partial charge in [0, 0.05) is 61.4 Å². The number of aliphatic hydroxyl groups is 1. The Morgan fingerprint density at radius 2 is 1.67 bits per heavy atom. The molecular weight excluding hydrogens is 865 g/mol. The first-order chi connectivity index (χ1) is 31.5. The molecule has 0 unspecified atom stereocenters. The monoisotopic (exact) mass is 937 g/mol. The van der Waals surface area contributed by atoms with Crippen LogP contribution in [0.5, 0.6) is 0 Å². The lowest BCUT2D eigenvalue weighted by Crippen LogP contribution is -2.61. The van der Waals surface area contributed by atoms with E-state index in [-0.39, 0.29) is 37.3 Å². The summed E-state index contributed by atoms with van der Waals surface area (Å²) in [4.78, 5) is 82.1. The molecule has 2 aromatic rings. The van der Waals surface area contributed by atoms with Gasteiger partial charge in [0.05, 0.1) is 18.1 Å². The molecule has 0 radical (unpaired) electrons. The molecule has 3 aliphatic heterocycles. The Morgan fingerprint density at radius 1 is 1.01 bits per heavy atom. The first kappa shape index (κ1) is 52.8. The minimum atomic E-state index is -1.76. The highest BCUT2D eigenvalue weighted by Gasteiger charge is 2.58. The summed E-state index contributed by atoms with van der Waals surface area (Å²) in [5, 5.41) is 17.4. The van der Waals surface area contributed by atoms with Gasteiger partial charge in [0.1, 0.15) is 35.8 Å². The first-order valence-electron chi connectivity index (χ1n) is 23.3. The SMILES string of the molecule is CC[C@H]1OC(=O)[C@H](C)[C@@H](OC(=O)N(C)C(C)C)[C@H](C)[C@@H](O[C@@H]2O[C@H](C)C[C@H](N(C)C)[C@H]2O)[C@](C)(OC(=O)NC/C=C/c2ccc(-c3ncccn3)cc2)C[C@@H](C)C(=O)[C@H](C)[C@H]2NC(=O)O[C@@]21C. The van der Waals surface area contributed by atoms with Gasteiger partial charge in [-0.25, -0.2) is 24.4 Å². The van der Waals surface area contributed by atoms with E-state index in [1.165, 1.54) is 4.90 Å². The first-order valence-corrected chi connectivity index (χ1v) is 23.3. The number of nitrogens with zero attached hydrogens (tertiary/aromatic N) is 4. The molecule has 3 amide bonds. The molecule has 0 saturated carbocycles. The summed E-state index contributed by atoms with van der Waals surface area (Å²) >= 11 is 0. The molecule has 370 valence electrons. The van der Waals surface area contributed by atoms with E-state index >= 15 is 0 Å². The number of hydrogen-bond donors (Lipinski definition) is 3. The number of fused-ring (bicyclic) bond motifs is 1. The second-order valence-electron chi connectivity index (χ2n) is 19.3. The highest BCUT2D eigenvalue weighted by molar-refractivity contribution is 5.85. The average molecular weight is 937 g/mol. The van der Waals surface area contributed by atoms with Crippen LogP contribution in [-0.2, 0) is 38.0 Å². The van der Waals surface area contributed by atoms with Gasteiger partial charge in [-0.15, -0.1) is 0 Å². The number of nitrogens with one attached hydrogen (secondary N) is 2. The van der Waals surface area contributed by atoms with E-state index in [4.69, 9.17) is 28.4 Å². The maximum absolute atomic E-state index is 14.7. The van der Waals surface area contributed by atoms with Crippen LogP contribution in [-0.4, -0.2) is 149 Å². The number of hydrogen-bond acceptors (Lipinski definition) is 15. The topological polar surface area (TPSA) is 217 Å². The minimum absolute atomic E-state index is 0.0424. The van der Waals surface area contributed by atoms with Crippen LogP contribution in [0.2, 0.25) is 0 Å². The molecule has 0 aliphatic carbocycles. The van der Waals surface area contributed by atoms with Crippen LogP contribution >= 0.6 is 0 Å². The smallest absolute Gasteiger partial charge is 0.410 e. The van der Waals surface area contributed by atoms with Gasteiger partial charge in [0.25, 0.3) is 0 Å². The van der Waals surface area contributed by atoms with Crippen molar-refractivity contribution in [3.05, 3.63) is 54.4 Å². The van der Waals surface area contributed by atoms with Crippen LogP contribution in [0.4, 0.5) is 14.4 Å². The Morgan fingerprint density at radius 3 is 2.28 bits per heavy atom. The van der Waals surface area contributed by atoms with Crippen LogP contribution in [0.25, 0.3) is 17.5 Å². The number of carbonyl (C=O) groups excluding carboxylic acids is 5. The molecule has 14 atom stereocenters. The van der Waals surface area contributed by atoms with Gasteiger partial charge in [-0.1, -0.05) is 64.1 Å². The lowest BCUT2D eigenvalue weighted by atomic mass is 9.73. The van der Waals surface area contributed by atoms with Crippen LogP contribution in [0.1, 0.15) is 94.1 Å². The van der Waals surface area contributed by atoms with E-state index in [0.29, 0.717) is 12.2 Å². The molecule has 3 saturated heterocycles. The number of aliphatic hydroxyl groups excluding tert-OH is 1. The predicted octanol–water partition coefficient (Wildman–Crippen LogP) is 6.00. The Balaban J connectivity index is 1.58. The summed E-state index contributed by atoms with van der Waals surface area (Å²) in [6, 6.07) is 7.71. The lowest BCUT2D eigenvalue weighted by molar-refractivity contribution is -0.298. The number of benzene rings is 1. The van der Waals surface area contributed by atoms with Crippen LogP contribution in [0, 0.1) is 23.7 Å². The second-order valence-corrected chi connectivity index (χ2v) is 19.3. The zero-order valence-electron chi connectivity index (χ0n) is 41.3. The molecule has 18 nitrogen and oxygen atoms in total. The van der Waals surface area contributed by atoms with Crippen molar-refractivity contribution in [2.45, 2.75) is 155 Å². The van der Waals surface area contributed by atoms with Crippen molar-refractivity contribution < 1.29 is 57.5 Å². The van der Waals surface area contributed by atoms with Crippen molar-refractivity contribution in [1.82, 2.24) is 30.4 Å². The molecule has 1 aromatic heterocycles. The summed E-state index contributed by atoms with van der Waals surface area (Å²) < 4.78 is 37.9. The number of esters is 1. The number of ether oxygens (including phenoxy) is 6. The van der Waals surface area contributed by atoms with Gasteiger partial charge in [-0.3, -0.25) is 9.59 Å². The van der Waals surface area contributed by atoms with Crippen molar-refractivity contribution in [2.75, 3.05) is 27.7 Å². The van der Waals surface area contributed by atoms with E-state index in [2.05, 4.69) is 20.6 Å². The van der Waals surface area contributed by atoms with Gasteiger partial charge < -0.3 is 54.0 Å². The minimum Gasteiger partial charge on any atom is -0.458 e. The van der Waals surface area contributed by atoms with E-state index in [1.54, 1.807) is 93.9 Å². The number of alkyl carbamates (subject to hydrolysis) is 2. The Labute approximate surface area is 394 Å². The summed E-state index contributed by atoms with van der Waals surface area (Å²) in [5.41, 5.74) is -1.53. The molecule has 67 heavy (non-hydrogen) atoms. The van der Waals surface area contributed by atoms with Gasteiger partial charge in [-0.05, 0) is 86.5 Å². The van der Waals surface area contributed by atoms with Crippen molar-refractivity contribution in [3.8, 4) is 11.4 Å². The number of Topliss-reactive ketones (excluding diaryl/α,β-unsaturated/α-hetero) is 1. The maximum atomic E-state index is 14.7. The molecule has 3 fully saturated rings. The highest BCUT2D eigenvalue weighted by atomic mass is 16.7. The van der Waals surface area contributed by atoms with Gasteiger partial charge >= 0.3 is 24.2 Å². The molecule has 4 heterocycles. The number of likely N-dealkylation sites (N-methyl/N-ethyl adjacent to an activating group) is 1. The van der Waals surface area contributed by atoms with Gasteiger partial charge in [0.2, 0.25) is 0 Å². The molecule has 3 N–H and O–H groups in total. The fourth-order valence-corrected chi connectivity index (χ4v) is 9.62. The molecule has 1 aromatic carbocycles. The summed E-state index contributed by atoms with van der Waals surface area (Å²) in [5.74, 6) is -4.43. The highest BCUT2D eigenvalue weighted by Crippen LogP contribution is 2.42. The molecule has 5 rings (SSSR count). The number of amides is 3.